The molecule has 4 N–H and O–H groups in total. The average Bonchev–Trinajstić information content (AvgIpc) is 2.73. The van der Waals surface area contributed by atoms with E-state index in [1.54, 1.807) is 11.5 Å². The van der Waals surface area contributed by atoms with Crippen LogP contribution in [0.1, 0.15) is 23.3 Å². The molecule has 4 rings (SSSR count). The highest BCUT2D eigenvalue weighted by Crippen LogP contribution is 2.43. The SMILES string of the molecule is C[C@H]1COc2c(NCCOc3ccccc3)c(F)c(N)c3c(=O)c(C(=O)O)cn1c23. The highest BCUT2D eigenvalue weighted by Gasteiger charge is 2.30. The molecule has 2 heterocycles. The molecule has 1 aliphatic rings. The van der Waals surface area contributed by atoms with E-state index in [0.29, 0.717) is 5.75 Å². The van der Waals surface area contributed by atoms with Crippen molar-refractivity contribution in [2.75, 3.05) is 30.8 Å². The number of carboxylic acid groups (broad SMARTS) is 1. The Hall–Kier alpha value is -3.75. The minimum absolute atomic E-state index is 0.0137. The first-order valence-electron chi connectivity index (χ1n) is 9.37. The zero-order chi connectivity index (χ0) is 21.4. The molecule has 0 aliphatic carbocycles. The van der Waals surface area contributed by atoms with E-state index >= 15 is 4.39 Å². The first-order chi connectivity index (χ1) is 14.4. The molecule has 0 amide bonds. The topological polar surface area (TPSA) is 116 Å². The maximum atomic E-state index is 15.1. The summed E-state index contributed by atoms with van der Waals surface area (Å²) in [6, 6.07) is 8.91. The quantitative estimate of drug-likeness (QED) is 0.420. The average molecular weight is 413 g/mol. The van der Waals surface area contributed by atoms with Crippen LogP contribution in [0.2, 0.25) is 0 Å². The summed E-state index contributed by atoms with van der Waals surface area (Å²) in [5.74, 6) is -1.45. The standard InChI is InChI=1S/C21H20FN3O5/c1-11-10-30-20-17(24-7-8-29-12-5-3-2-4-6-12)15(22)16(23)14-18(20)25(11)9-13(19(14)26)21(27)28/h2-6,9,11,24H,7-8,10,23H2,1H3,(H,27,28)/t11-/m0/s1. The second kappa shape index (κ2) is 7.58. The number of para-hydroxylation sites is 1. The van der Waals surface area contributed by atoms with Crippen molar-refractivity contribution < 1.29 is 23.8 Å². The number of hydrogen-bond donors (Lipinski definition) is 3. The van der Waals surface area contributed by atoms with Crippen LogP contribution < -0.4 is 26.0 Å². The predicted octanol–water partition coefficient (Wildman–Crippen LogP) is 2.87. The van der Waals surface area contributed by atoms with Gasteiger partial charge in [0, 0.05) is 12.7 Å². The fraction of sp³-hybridized carbons (Fsp3) is 0.238. The third-order valence-electron chi connectivity index (χ3n) is 4.99. The number of halogens is 1. The van der Waals surface area contributed by atoms with Crippen molar-refractivity contribution in [2.24, 2.45) is 0 Å². The normalized spacial score (nSPS) is 14.9. The van der Waals surface area contributed by atoms with Crippen LogP contribution in [0, 0.1) is 5.82 Å². The maximum absolute atomic E-state index is 15.1. The van der Waals surface area contributed by atoms with Gasteiger partial charge in [-0.3, -0.25) is 4.79 Å². The largest absolute Gasteiger partial charge is 0.492 e. The summed E-state index contributed by atoms with van der Waals surface area (Å²) in [4.78, 5) is 24.2. The van der Waals surface area contributed by atoms with E-state index < -0.39 is 28.5 Å². The van der Waals surface area contributed by atoms with Crippen LogP contribution in [-0.2, 0) is 0 Å². The van der Waals surface area contributed by atoms with E-state index in [1.807, 2.05) is 30.3 Å². The van der Waals surface area contributed by atoms with Crippen molar-refractivity contribution in [1.29, 1.82) is 0 Å². The molecule has 0 unspecified atom stereocenters. The van der Waals surface area contributed by atoms with Crippen LogP contribution in [0.5, 0.6) is 11.5 Å². The number of anilines is 2. The van der Waals surface area contributed by atoms with Gasteiger partial charge >= 0.3 is 5.97 Å². The Morgan fingerprint density at radius 3 is 2.83 bits per heavy atom. The molecule has 30 heavy (non-hydrogen) atoms. The van der Waals surface area contributed by atoms with E-state index in [2.05, 4.69) is 5.32 Å². The lowest BCUT2D eigenvalue weighted by Gasteiger charge is -2.29. The smallest absolute Gasteiger partial charge is 0.341 e. The van der Waals surface area contributed by atoms with Crippen molar-refractivity contribution in [1.82, 2.24) is 4.57 Å². The Morgan fingerprint density at radius 2 is 2.13 bits per heavy atom. The van der Waals surface area contributed by atoms with Crippen molar-refractivity contribution in [3.63, 3.8) is 0 Å². The summed E-state index contributed by atoms with van der Waals surface area (Å²) < 4.78 is 28.0. The van der Waals surface area contributed by atoms with Crippen molar-refractivity contribution >= 4 is 28.2 Å². The lowest BCUT2D eigenvalue weighted by molar-refractivity contribution is 0.0694. The Bertz CT molecular complexity index is 1190. The number of nitrogens with zero attached hydrogens (tertiary/aromatic N) is 1. The second-order valence-electron chi connectivity index (χ2n) is 6.99. The van der Waals surface area contributed by atoms with Crippen LogP contribution in [0.4, 0.5) is 15.8 Å². The molecule has 0 saturated heterocycles. The third-order valence-corrected chi connectivity index (χ3v) is 4.99. The molecule has 0 radical (unpaired) electrons. The number of nitrogens with two attached hydrogens (primary N) is 1. The number of benzene rings is 2. The number of hydrogen-bond acceptors (Lipinski definition) is 6. The highest BCUT2D eigenvalue weighted by atomic mass is 19.1. The first-order valence-corrected chi connectivity index (χ1v) is 9.37. The second-order valence-corrected chi connectivity index (χ2v) is 6.99. The van der Waals surface area contributed by atoms with E-state index in [9.17, 15) is 14.7 Å². The summed E-state index contributed by atoms with van der Waals surface area (Å²) in [7, 11) is 0. The molecule has 9 heteroatoms. The lowest BCUT2D eigenvalue weighted by atomic mass is 10.0. The lowest BCUT2D eigenvalue weighted by Crippen LogP contribution is -2.28. The zero-order valence-electron chi connectivity index (χ0n) is 16.1. The van der Waals surface area contributed by atoms with Crippen molar-refractivity contribution in [3.8, 4) is 11.5 Å². The van der Waals surface area contributed by atoms with Crippen molar-refractivity contribution in [2.45, 2.75) is 13.0 Å². The van der Waals surface area contributed by atoms with Crippen molar-refractivity contribution in [3.05, 3.63) is 58.1 Å². The van der Waals surface area contributed by atoms with Gasteiger partial charge in [-0.25, -0.2) is 9.18 Å². The van der Waals surface area contributed by atoms with Crippen LogP contribution in [0.3, 0.4) is 0 Å². The third kappa shape index (κ3) is 3.18. The summed E-state index contributed by atoms with van der Waals surface area (Å²) in [5.41, 5.74) is 4.50. The van der Waals surface area contributed by atoms with Crippen LogP contribution in [0.15, 0.2) is 41.3 Å². The molecule has 1 atom stereocenters. The molecule has 3 aromatic rings. The summed E-state index contributed by atoms with van der Waals surface area (Å²) in [6.45, 7) is 2.49. The Labute approximate surface area is 170 Å². The van der Waals surface area contributed by atoms with Gasteiger partial charge in [-0.2, -0.15) is 0 Å². The minimum atomic E-state index is -1.40. The molecule has 0 fully saturated rings. The van der Waals surface area contributed by atoms with E-state index in [0.717, 1.165) is 0 Å². The van der Waals surface area contributed by atoms with Crippen LogP contribution >= 0.6 is 0 Å². The maximum Gasteiger partial charge on any atom is 0.341 e. The fourth-order valence-electron chi connectivity index (χ4n) is 3.52. The number of nitrogens with one attached hydrogen (secondary N) is 1. The molecule has 0 bridgehead atoms. The summed E-state index contributed by atoms with van der Waals surface area (Å²) in [6.07, 6.45) is 1.25. The van der Waals surface area contributed by atoms with Gasteiger partial charge in [0.1, 0.15) is 30.2 Å². The van der Waals surface area contributed by atoms with Crippen LogP contribution in [-0.4, -0.2) is 35.4 Å². The van der Waals surface area contributed by atoms with Gasteiger partial charge in [-0.15, -0.1) is 0 Å². The van der Waals surface area contributed by atoms with Gasteiger partial charge in [-0.1, -0.05) is 18.2 Å². The molecule has 0 saturated carbocycles. The van der Waals surface area contributed by atoms with Gasteiger partial charge in [0.05, 0.1) is 22.6 Å². The number of carboxylic acids is 1. The number of aromatic carboxylic acids is 1. The molecule has 1 aliphatic heterocycles. The molecule has 2 aromatic carbocycles. The van der Waals surface area contributed by atoms with Gasteiger partial charge in [0.15, 0.2) is 11.6 Å². The number of nitrogen functional groups attached to an aromatic ring is 1. The van der Waals surface area contributed by atoms with Crippen LogP contribution in [0.25, 0.3) is 10.9 Å². The van der Waals surface area contributed by atoms with Gasteiger partial charge < -0.3 is 30.2 Å². The summed E-state index contributed by atoms with van der Waals surface area (Å²) >= 11 is 0. The molecule has 0 spiro atoms. The van der Waals surface area contributed by atoms with Gasteiger partial charge in [-0.05, 0) is 19.1 Å². The fourth-order valence-corrected chi connectivity index (χ4v) is 3.52. The zero-order valence-corrected chi connectivity index (χ0v) is 16.1. The Balaban J connectivity index is 1.75. The molecule has 1 aromatic heterocycles. The predicted molar refractivity (Wildman–Crippen MR) is 110 cm³/mol. The molecule has 156 valence electrons. The highest BCUT2D eigenvalue weighted by molar-refractivity contribution is 6.03. The number of carbonyl (C=O) groups is 1. The Morgan fingerprint density at radius 1 is 1.40 bits per heavy atom. The molecular weight excluding hydrogens is 393 g/mol. The monoisotopic (exact) mass is 413 g/mol. The molecular formula is C21H20FN3O5. The number of ether oxygens (including phenoxy) is 2. The van der Waals surface area contributed by atoms with E-state index in [1.165, 1.54) is 6.20 Å². The van der Waals surface area contributed by atoms with Gasteiger partial charge in [0.25, 0.3) is 0 Å². The van der Waals surface area contributed by atoms with Gasteiger partial charge in [0.2, 0.25) is 5.43 Å². The molecule has 8 nitrogen and oxygen atoms in total. The van der Waals surface area contributed by atoms with E-state index in [-0.39, 0.29) is 48.1 Å². The number of aromatic nitrogens is 1. The Kier molecular flexibility index (Phi) is 4.94. The number of pyridine rings is 1. The van der Waals surface area contributed by atoms with E-state index in [4.69, 9.17) is 15.2 Å². The first kappa shape index (κ1) is 19.6. The minimum Gasteiger partial charge on any atom is -0.492 e. The summed E-state index contributed by atoms with van der Waals surface area (Å²) in [5, 5.41) is 12.1. The number of rotatable bonds is 6.